The van der Waals surface area contributed by atoms with Crippen molar-refractivity contribution in [2.45, 2.75) is 51.7 Å². The Morgan fingerprint density at radius 2 is 2.25 bits per heavy atom. The number of rotatable bonds is 5. The van der Waals surface area contributed by atoms with Gasteiger partial charge in [0.25, 0.3) is 0 Å². The minimum atomic E-state index is 0.617. The summed E-state index contributed by atoms with van der Waals surface area (Å²) < 4.78 is 1.90. The Labute approximate surface area is 121 Å². The normalized spacial score (nSPS) is 29.6. The lowest BCUT2D eigenvalue weighted by Gasteiger charge is -2.43. The van der Waals surface area contributed by atoms with Gasteiger partial charge in [-0.2, -0.15) is 5.10 Å². The van der Waals surface area contributed by atoms with Crippen LogP contribution >= 0.6 is 0 Å². The smallest absolute Gasteiger partial charge is 0.140 e. The molecule has 0 bridgehead atoms. The third kappa shape index (κ3) is 2.88. The zero-order valence-electron chi connectivity index (χ0n) is 12.9. The van der Waals surface area contributed by atoms with E-state index in [9.17, 15) is 0 Å². The third-order valence-corrected chi connectivity index (χ3v) is 5.13. The zero-order valence-corrected chi connectivity index (χ0v) is 12.9. The quantitative estimate of drug-likeness (QED) is 0.884. The second kappa shape index (κ2) is 5.82. The predicted molar refractivity (Wildman–Crippen MR) is 79.2 cm³/mol. The molecule has 0 aromatic carbocycles. The minimum Gasteiger partial charge on any atom is -0.311 e. The topological polar surface area (TPSA) is 46.0 Å². The lowest BCUT2D eigenvalue weighted by atomic mass is 9.93. The summed E-state index contributed by atoms with van der Waals surface area (Å²) in [4.78, 5) is 7.04. The largest absolute Gasteiger partial charge is 0.311 e. The predicted octanol–water partition coefficient (Wildman–Crippen LogP) is 1.41. The molecule has 1 saturated heterocycles. The first-order chi connectivity index (χ1) is 9.69. The van der Waals surface area contributed by atoms with Crippen molar-refractivity contribution in [2.75, 3.05) is 13.1 Å². The van der Waals surface area contributed by atoms with Crippen LogP contribution in [0.2, 0.25) is 0 Å². The fourth-order valence-electron chi connectivity index (χ4n) is 3.33. The Kier molecular flexibility index (Phi) is 4.08. The van der Waals surface area contributed by atoms with Crippen LogP contribution < -0.4 is 5.32 Å². The van der Waals surface area contributed by atoms with Crippen LogP contribution in [0.1, 0.15) is 38.9 Å². The van der Waals surface area contributed by atoms with E-state index in [1.165, 1.54) is 19.3 Å². The van der Waals surface area contributed by atoms with E-state index in [1.54, 1.807) is 6.33 Å². The van der Waals surface area contributed by atoms with Gasteiger partial charge in [0.15, 0.2) is 0 Å². The highest BCUT2D eigenvalue weighted by Crippen LogP contribution is 2.35. The molecule has 0 radical (unpaired) electrons. The molecule has 2 aliphatic rings. The van der Waals surface area contributed by atoms with Gasteiger partial charge in [0, 0.05) is 32.2 Å². The van der Waals surface area contributed by atoms with Crippen LogP contribution in [-0.4, -0.2) is 44.8 Å². The van der Waals surface area contributed by atoms with Crippen molar-refractivity contribution in [1.29, 1.82) is 0 Å². The highest BCUT2D eigenvalue weighted by atomic mass is 15.3. The van der Waals surface area contributed by atoms with Crippen LogP contribution in [0, 0.1) is 11.8 Å². The second-order valence-corrected chi connectivity index (χ2v) is 6.53. The van der Waals surface area contributed by atoms with Gasteiger partial charge in [-0.25, -0.2) is 4.98 Å². The molecule has 2 heterocycles. The first-order valence-corrected chi connectivity index (χ1v) is 7.99. The summed E-state index contributed by atoms with van der Waals surface area (Å²) in [6.45, 7) is 7.86. The van der Waals surface area contributed by atoms with Crippen molar-refractivity contribution in [3.63, 3.8) is 0 Å². The number of nitrogens with one attached hydrogen (secondary N) is 1. The van der Waals surface area contributed by atoms with E-state index in [1.807, 2.05) is 11.7 Å². The summed E-state index contributed by atoms with van der Waals surface area (Å²) in [7, 11) is 1.99. The number of hydrogen-bond acceptors (Lipinski definition) is 4. The van der Waals surface area contributed by atoms with E-state index in [4.69, 9.17) is 0 Å². The van der Waals surface area contributed by atoms with Crippen LogP contribution in [-0.2, 0) is 13.6 Å². The van der Waals surface area contributed by atoms with Crippen molar-refractivity contribution in [3.05, 3.63) is 12.2 Å². The molecule has 1 aromatic heterocycles. The molecular weight excluding hydrogens is 250 g/mol. The number of aromatic nitrogens is 3. The summed E-state index contributed by atoms with van der Waals surface area (Å²) in [5.41, 5.74) is 0. The van der Waals surface area contributed by atoms with Crippen molar-refractivity contribution in [1.82, 2.24) is 25.0 Å². The summed E-state index contributed by atoms with van der Waals surface area (Å²) in [5.74, 6) is 2.71. The zero-order chi connectivity index (χ0) is 14.1. The molecule has 1 aliphatic heterocycles. The number of hydrogen-bond donors (Lipinski definition) is 1. The molecule has 0 amide bonds. The fraction of sp³-hybridized carbons (Fsp3) is 0.867. The molecule has 2 fully saturated rings. The van der Waals surface area contributed by atoms with Gasteiger partial charge in [-0.3, -0.25) is 9.58 Å². The van der Waals surface area contributed by atoms with E-state index >= 15 is 0 Å². The average molecular weight is 277 g/mol. The van der Waals surface area contributed by atoms with E-state index in [-0.39, 0.29) is 0 Å². The van der Waals surface area contributed by atoms with Gasteiger partial charge >= 0.3 is 0 Å². The lowest BCUT2D eigenvalue weighted by Crippen LogP contribution is -2.58. The second-order valence-electron chi connectivity index (χ2n) is 6.53. The van der Waals surface area contributed by atoms with E-state index < -0.39 is 0 Å². The standard InChI is InChI=1S/C15H27N5/c1-4-11(2)14-7-16-13(12-5-6-12)8-20(14)9-15-17-10-18-19(15)3/h10-14,16H,4-9H2,1-3H3. The first kappa shape index (κ1) is 14.0. The SMILES string of the molecule is CCC(C)C1CNC(C2CC2)CN1Cc1ncnn1C. The Balaban J connectivity index is 1.71. The molecular formula is C15H27N5. The Morgan fingerprint density at radius 1 is 1.45 bits per heavy atom. The van der Waals surface area contributed by atoms with E-state index in [0.717, 1.165) is 37.3 Å². The number of aryl methyl sites for hydroxylation is 1. The summed E-state index contributed by atoms with van der Waals surface area (Å²) in [5, 5.41) is 7.99. The van der Waals surface area contributed by atoms with Crippen LogP contribution in [0.3, 0.4) is 0 Å². The fourth-order valence-corrected chi connectivity index (χ4v) is 3.33. The van der Waals surface area contributed by atoms with Crippen LogP contribution in [0.15, 0.2) is 6.33 Å². The van der Waals surface area contributed by atoms with Crippen molar-refractivity contribution in [2.24, 2.45) is 18.9 Å². The van der Waals surface area contributed by atoms with E-state index in [0.29, 0.717) is 12.1 Å². The summed E-state index contributed by atoms with van der Waals surface area (Å²) in [6, 6.07) is 1.30. The average Bonchev–Trinajstić information content (AvgIpc) is 3.23. The number of nitrogens with zero attached hydrogens (tertiary/aromatic N) is 4. The van der Waals surface area contributed by atoms with Gasteiger partial charge in [0.1, 0.15) is 12.2 Å². The first-order valence-electron chi connectivity index (χ1n) is 7.99. The summed E-state index contributed by atoms with van der Waals surface area (Å²) >= 11 is 0. The Morgan fingerprint density at radius 3 is 2.85 bits per heavy atom. The highest BCUT2D eigenvalue weighted by Gasteiger charge is 2.38. The minimum absolute atomic E-state index is 0.617. The molecule has 20 heavy (non-hydrogen) atoms. The van der Waals surface area contributed by atoms with Crippen molar-refractivity contribution < 1.29 is 0 Å². The number of piperazine rings is 1. The third-order valence-electron chi connectivity index (χ3n) is 5.13. The maximum atomic E-state index is 4.40. The maximum Gasteiger partial charge on any atom is 0.140 e. The van der Waals surface area contributed by atoms with E-state index in [2.05, 4.69) is 34.1 Å². The van der Waals surface area contributed by atoms with Gasteiger partial charge in [0.2, 0.25) is 0 Å². The van der Waals surface area contributed by atoms with Crippen LogP contribution in [0.4, 0.5) is 0 Å². The summed E-state index contributed by atoms with van der Waals surface area (Å²) in [6.07, 6.45) is 5.71. The Bertz CT molecular complexity index is 439. The molecule has 5 nitrogen and oxygen atoms in total. The molecule has 5 heteroatoms. The van der Waals surface area contributed by atoms with Crippen molar-refractivity contribution >= 4 is 0 Å². The van der Waals surface area contributed by atoms with Gasteiger partial charge in [-0.15, -0.1) is 0 Å². The molecule has 1 aromatic rings. The molecule has 1 N–H and O–H groups in total. The Hall–Kier alpha value is -0.940. The molecule has 3 atom stereocenters. The van der Waals surface area contributed by atoms with Gasteiger partial charge in [0.05, 0.1) is 6.54 Å². The lowest BCUT2D eigenvalue weighted by molar-refractivity contribution is 0.0752. The molecule has 1 aliphatic carbocycles. The van der Waals surface area contributed by atoms with Gasteiger partial charge in [-0.05, 0) is 24.7 Å². The maximum absolute atomic E-state index is 4.40. The monoisotopic (exact) mass is 277 g/mol. The molecule has 3 rings (SSSR count). The van der Waals surface area contributed by atoms with Crippen LogP contribution in [0.5, 0.6) is 0 Å². The van der Waals surface area contributed by atoms with Crippen LogP contribution in [0.25, 0.3) is 0 Å². The van der Waals surface area contributed by atoms with Gasteiger partial charge < -0.3 is 5.32 Å². The molecule has 1 saturated carbocycles. The van der Waals surface area contributed by atoms with Gasteiger partial charge in [-0.1, -0.05) is 20.3 Å². The molecule has 112 valence electrons. The molecule has 0 spiro atoms. The molecule has 3 unspecified atom stereocenters. The highest BCUT2D eigenvalue weighted by molar-refractivity contribution is 4.97. The van der Waals surface area contributed by atoms with Crippen molar-refractivity contribution in [3.8, 4) is 0 Å².